The molecule has 17 nitrogen and oxygen atoms in total. The summed E-state index contributed by atoms with van der Waals surface area (Å²) in [5.41, 5.74) is 30.2. The molecule has 1 amide bonds. The molecule has 0 fully saturated rings. The molecule has 4 atom stereocenters. The fourth-order valence-electron chi connectivity index (χ4n) is 1.95. The van der Waals surface area contributed by atoms with E-state index in [0.717, 1.165) is 12.8 Å². The fourth-order valence-corrected chi connectivity index (χ4v) is 1.95. The normalized spacial score (nSPS) is 12.9. The van der Waals surface area contributed by atoms with Gasteiger partial charge in [-0.05, 0) is 38.1 Å². The van der Waals surface area contributed by atoms with Crippen molar-refractivity contribution in [3.8, 4) is 0 Å². The largest absolute Gasteiger partial charge is 0.481 e. The van der Waals surface area contributed by atoms with Crippen molar-refractivity contribution in [1.29, 1.82) is 0 Å². The van der Waals surface area contributed by atoms with Crippen molar-refractivity contribution in [2.45, 2.75) is 83.0 Å². The maximum absolute atomic E-state index is 10.1. The van der Waals surface area contributed by atoms with Gasteiger partial charge in [-0.1, -0.05) is 20.3 Å². The molecule has 38 heavy (non-hydrogen) atoms. The van der Waals surface area contributed by atoms with Gasteiger partial charge in [0.1, 0.15) is 24.2 Å². The maximum Gasteiger partial charge on any atom is 0.321 e. The second-order valence-electron chi connectivity index (χ2n) is 8.30. The molecule has 224 valence electrons. The van der Waals surface area contributed by atoms with Gasteiger partial charge in [0.25, 0.3) is 0 Å². The molecule has 0 aromatic carbocycles. The number of hydrogen-bond donors (Lipinski definition) is 11. The Morgan fingerprint density at radius 2 is 1.03 bits per heavy atom. The molecule has 0 saturated heterocycles. The quantitative estimate of drug-likeness (QED) is 0.0928. The standard InChI is InChI=1S/C6H14N2O2.C6H13NO2.C5H9NO4.C4H8N2O3/c7-4-2-1-3-5(8)6(9)10;1-4(2)3-5(7)6(8)9;6-3(5(9)10)1-2-4(7)8;5-2(4(8)9)1-3(6)7/h5H,1-4,7-8H2,(H,9,10);4-5H,3,7H2,1-2H3,(H,8,9);3H,1-2,6H2,(H,7,8)(H,9,10);2H,1,5H2,(H2,6,7)(H,8,9)/t2*5-;3-;2-/m0000/s1. The SMILES string of the molecule is CC(C)C[C@H](N)C(=O)O.NC(=O)C[C@H](N)C(=O)O.NCCCC[C@H](N)C(=O)O.N[C@@H](CCC(=O)O)C(=O)O. The van der Waals surface area contributed by atoms with Crippen LogP contribution in [-0.2, 0) is 28.8 Å². The first-order chi connectivity index (χ1) is 17.3. The number of carboxylic acids is 5. The molecule has 0 spiro atoms. The number of amides is 1. The van der Waals surface area contributed by atoms with Gasteiger partial charge in [0.15, 0.2) is 0 Å². The van der Waals surface area contributed by atoms with Gasteiger partial charge in [-0.15, -0.1) is 0 Å². The molecule has 0 unspecified atom stereocenters. The van der Waals surface area contributed by atoms with E-state index < -0.39 is 59.9 Å². The lowest BCUT2D eigenvalue weighted by Gasteiger charge is -2.07. The van der Waals surface area contributed by atoms with Crippen molar-refractivity contribution in [3.63, 3.8) is 0 Å². The van der Waals surface area contributed by atoms with Gasteiger partial charge < -0.3 is 59.9 Å². The van der Waals surface area contributed by atoms with E-state index in [2.05, 4.69) is 5.73 Å². The number of hydrogen-bond acceptors (Lipinski definition) is 11. The number of nitrogens with two attached hydrogens (primary N) is 6. The predicted octanol–water partition coefficient (Wildman–Crippen LogP) is -2.49. The van der Waals surface area contributed by atoms with Crippen LogP contribution in [0.3, 0.4) is 0 Å². The van der Waals surface area contributed by atoms with Crippen LogP contribution in [-0.4, -0.2) is 92.0 Å². The van der Waals surface area contributed by atoms with Crippen LogP contribution in [0.2, 0.25) is 0 Å². The van der Waals surface area contributed by atoms with Crippen molar-refractivity contribution < 1.29 is 54.3 Å². The average Bonchev–Trinajstić information content (AvgIpc) is 2.77. The molecule has 0 aromatic heterocycles. The zero-order valence-corrected chi connectivity index (χ0v) is 21.7. The van der Waals surface area contributed by atoms with Gasteiger partial charge in [0.05, 0.1) is 6.42 Å². The van der Waals surface area contributed by atoms with Crippen LogP contribution in [0.1, 0.15) is 58.8 Å². The van der Waals surface area contributed by atoms with Crippen molar-refractivity contribution >= 4 is 35.8 Å². The molecule has 0 aromatic rings. The molecule has 0 heterocycles. The molecule has 0 aliphatic carbocycles. The van der Waals surface area contributed by atoms with Crippen LogP contribution >= 0.6 is 0 Å². The van der Waals surface area contributed by atoms with Crippen LogP contribution in [0.4, 0.5) is 0 Å². The van der Waals surface area contributed by atoms with E-state index in [1.54, 1.807) is 0 Å². The molecule has 17 heteroatoms. The van der Waals surface area contributed by atoms with Crippen LogP contribution in [0.5, 0.6) is 0 Å². The lowest BCUT2D eigenvalue weighted by molar-refractivity contribution is -0.141. The predicted molar refractivity (Wildman–Crippen MR) is 135 cm³/mol. The van der Waals surface area contributed by atoms with E-state index in [4.69, 9.17) is 54.2 Å². The minimum atomic E-state index is -1.21. The zero-order valence-electron chi connectivity index (χ0n) is 21.7. The third-order valence-corrected chi connectivity index (χ3v) is 4.05. The van der Waals surface area contributed by atoms with Gasteiger partial charge in [-0.3, -0.25) is 28.8 Å². The van der Waals surface area contributed by atoms with Crippen LogP contribution in [0.15, 0.2) is 0 Å². The number of carboxylic acid groups (broad SMARTS) is 5. The topological polar surface area (TPSA) is 360 Å². The minimum absolute atomic E-state index is 0.0231. The molecule has 0 saturated carbocycles. The molecule has 0 aliphatic heterocycles. The van der Waals surface area contributed by atoms with E-state index in [9.17, 15) is 28.8 Å². The van der Waals surface area contributed by atoms with E-state index >= 15 is 0 Å². The Kier molecular flexibility index (Phi) is 27.8. The minimum Gasteiger partial charge on any atom is -0.481 e. The van der Waals surface area contributed by atoms with Crippen LogP contribution in [0.25, 0.3) is 0 Å². The highest BCUT2D eigenvalue weighted by molar-refractivity contribution is 5.83. The third-order valence-electron chi connectivity index (χ3n) is 4.05. The van der Waals surface area contributed by atoms with Gasteiger partial charge in [0.2, 0.25) is 5.91 Å². The Morgan fingerprint density at radius 1 is 0.632 bits per heavy atom. The summed E-state index contributed by atoms with van der Waals surface area (Å²) in [5, 5.41) is 41.0. The van der Waals surface area contributed by atoms with Crippen molar-refractivity contribution in [1.82, 2.24) is 0 Å². The molecule has 0 rings (SSSR count). The zero-order chi connectivity index (χ0) is 31.0. The van der Waals surface area contributed by atoms with E-state index in [-0.39, 0.29) is 19.3 Å². The van der Waals surface area contributed by atoms with Crippen LogP contribution in [0, 0.1) is 5.92 Å². The van der Waals surface area contributed by atoms with Crippen molar-refractivity contribution in [2.75, 3.05) is 6.54 Å². The molecular weight excluding hydrogens is 512 g/mol. The number of carbonyl (C=O) groups excluding carboxylic acids is 1. The number of rotatable bonds is 15. The summed E-state index contributed by atoms with van der Waals surface area (Å²) >= 11 is 0. The fraction of sp³-hybridized carbons (Fsp3) is 0.714. The molecule has 0 aliphatic rings. The third kappa shape index (κ3) is 34.8. The Morgan fingerprint density at radius 3 is 1.26 bits per heavy atom. The first-order valence-corrected chi connectivity index (χ1v) is 11.4. The summed E-state index contributed by atoms with van der Waals surface area (Å²) in [6.45, 7) is 4.50. The number of aliphatic carboxylic acids is 5. The van der Waals surface area contributed by atoms with Gasteiger partial charge in [0, 0.05) is 6.42 Å². The van der Waals surface area contributed by atoms with E-state index in [1.165, 1.54) is 0 Å². The van der Waals surface area contributed by atoms with Crippen molar-refractivity contribution in [2.24, 2.45) is 40.3 Å². The van der Waals surface area contributed by atoms with Gasteiger partial charge >= 0.3 is 29.8 Å². The summed E-state index contributed by atoms with van der Waals surface area (Å²) in [6, 6.07) is -3.63. The summed E-state index contributed by atoms with van der Waals surface area (Å²) in [6.07, 6.45) is 2.18. The Bertz CT molecular complexity index is 722. The summed E-state index contributed by atoms with van der Waals surface area (Å²) in [5.74, 6) is -5.60. The first kappa shape index (κ1) is 41.7. The summed E-state index contributed by atoms with van der Waals surface area (Å²) in [7, 11) is 0. The first-order valence-electron chi connectivity index (χ1n) is 11.4. The highest BCUT2D eigenvalue weighted by Crippen LogP contribution is 2.01. The highest BCUT2D eigenvalue weighted by Gasteiger charge is 2.14. The van der Waals surface area contributed by atoms with Gasteiger partial charge in [-0.25, -0.2) is 0 Å². The monoisotopic (exact) mass is 556 g/mol. The number of primary amides is 1. The lowest BCUT2D eigenvalue weighted by atomic mass is 10.1. The van der Waals surface area contributed by atoms with Crippen molar-refractivity contribution in [3.05, 3.63) is 0 Å². The Balaban J connectivity index is -0.000000203. The van der Waals surface area contributed by atoms with Crippen LogP contribution < -0.4 is 34.4 Å². The highest BCUT2D eigenvalue weighted by atomic mass is 16.4. The summed E-state index contributed by atoms with van der Waals surface area (Å²) < 4.78 is 0. The summed E-state index contributed by atoms with van der Waals surface area (Å²) in [4.78, 5) is 60.0. The second kappa shape index (κ2) is 25.3. The number of unbranched alkanes of at least 4 members (excludes halogenated alkanes) is 1. The molecule has 17 N–H and O–H groups in total. The average molecular weight is 557 g/mol. The molecular formula is C21H44N6O11. The maximum atomic E-state index is 10.1. The van der Waals surface area contributed by atoms with Gasteiger partial charge in [-0.2, -0.15) is 0 Å². The lowest BCUT2D eigenvalue weighted by Crippen LogP contribution is -2.34. The number of carbonyl (C=O) groups is 6. The molecule has 0 bridgehead atoms. The van der Waals surface area contributed by atoms with E-state index in [1.807, 2.05) is 13.8 Å². The second-order valence-corrected chi connectivity index (χ2v) is 8.30. The Hall–Kier alpha value is -3.38. The Labute approximate surface area is 220 Å². The molecule has 0 radical (unpaired) electrons. The van der Waals surface area contributed by atoms with E-state index in [0.29, 0.717) is 25.3 Å². The smallest absolute Gasteiger partial charge is 0.321 e.